The van der Waals surface area contributed by atoms with Crippen LogP contribution in [0.2, 0.25) is 5.02 Å². The number of non-ortho nitro benzene ring substituents is 1. The number of ether oxygens (including phenoxy) is 2. The summed E-state index contributed by atoms with van der Waals surface area (Å²) in [5.41, 5.74) is 1.43. The molecule has 0 aliphatic rings. The number of thiophene rings is 1. The van der Waals surface area contributed by atoms with Gasteiger partial charge in [0, 0.05) is 11.5 Å². The number of aromatic nitrogens is 2. The predicted molar refractivity (Wildman–Crippen MR) is 127 cm³/mol. The van der Waals surface area contributed by atoms with Crippen LogP contribution in [0.3, 0.4) is 0 Å². The first-order valence-electron chi connectivity index (χ1n) is 9.82. The van der Waals surface area contributed by atoms with Crippen molar-refractivity contribution < 1.29 is 24.0 Å². The van der Waals surface area contributed by atoms with Crippen LogP contribution in [0.25, 0.3) is 15.9 Å². The van der Waals surface area contributed by atoms with Gasteiger partial charge >= 0.3 is 5.97 Å². The lowest BCUT2D eigenvalue weighted by Crippen LogP contribution is -2.21. The third kappa shape index (κ3) is 4.56. The molecule has 34 heavy (non-hydrogen) atoms. The molecule has 4 aromatic rings. The molecule has 10 nitrogen and oxygen atoms in total. The number of methoxy groups -OCH3 is 1. The second kappa shape index (κ2) is 9.49. The number of nitro groups is 1. The van der Waals surface area contributed by atoms with E-state index >= 15 is 0 Å². The molecule has 0 aliphatic heterocycles. The van der Waals surface area contributed by atoms with Crippen LogP contribution < -0.4 is 10.1 Å². The number of rotatable bonds is 7. The molecule has 2 aromatic heterocycles. The molecule has 12 heteroatoms. The van der Waals surface area contributed by atoms with Gasteiger partial charge in [-0.05, 0) is 31.2 Å². The monoisotopic (exact) mass is 500 g/mol. The van der Waals surface area contributed by atoms with Crippen molar-refractivity contribution >= 4 is 56.4 Å². The first-order valence-corrected chi connectivity index (χ1v) is 11.0. The average Bonchev–Trinajstić information content (AvgIpc) is 3.38. The number of aryl methyl sites for hydroxylation is 1. The summed E-state index contributed by atoms with van der Waals surface area (Å²) in [6.45, 7) is 1.27. The molecule has 0 saturated heterocycles. The summed E-state index contributed by atoms with van der Waals surface area (Å²) in [4.78, 5) is 36.2. The highest BCUT2D eigenvalue weighted by Gasteiger charge is 2.20. The highest BCUT2D eigenvalue weighted by atomic mass is 35.5. The average molecular weight is 501 g/mol. The van der Waals surface area contributed by atoms with Crippen LogP contribution in [0.15, 0.2) is 48.5 Å². The Bertz CT molecular complexity index is 1430. The fourth-order valence-electron chi connectivity index (χ4n) is 3.22. The standard InChI is InChI=1S/C22H17ClN4O6S/c1-12-14-10-19(34-21(14)26(25-12)17-6-4-3-5-15(17)23)22(29)33-11-20(28)24-16-8-7-13(27(30)31)9-18(16)32-2/h3-10H,11H2,1-2H3,(H,24,28). The zero-order valence-corrected chi connectivity index (χ0v) is 19.5. The third-order valence-electron chi connectivity index (χ3n) is 4.83. The number of hydrogen-bond donors (Lipinski definition) is 1. The Morgan fingerprint density at radius 1 is 1.24 bits per heavy atom. The third-order valence-corrected chi connectivity index (χ3v) is 6.24. The van der Waals surface area contributed by atoms with Gasteiger partial charge in [-0.15, -0.1) is 11.3 Å². The summed E-state index contributed by atoms with van der Waals surface area (Å²) in [6, 6.07) is 12.6. The minimum absolute atomic E-state index is 0.109. The van der Waals surface area contributed by atoms with E-state index in [1.807, 2.05) is 25.1 Å². The molecule has 0 unspecified atom stereocenters. The van der Waals surface area contributed by atoms with Gasteiger partial charge in [0.1, 0.15) is 15.5 Å². The van der Waals surface area contributed by atoms with Crippen molar-refractivity contribution in [2.24, 2.45) is 0 Å². The van der Waals surface area contributed by atoms with Crippen molar-refractivity contribution in [1.82, 2.24) is 9.78 Å². The lowest BCUT2D eigenvalue weighted by Gasteiger charge is -2.10. The molecule has 1 amide bonds. The van der Waals surface area contributed by atoms with E-state index in [0.29, 0.717) is 21.3 Å². The van der Waals surface area contributed by atoms with Crippen LogP contribution >= 0.6 is 22.9 Å². The van der Waals surface area contributed by atoms with E-state index in [0.717, 1.165) is 10.2 Å². The van der Waals surface area contributed by atoms with Crippen LogP contribution in [0, 0.1) is 17.0 Å². The Labute approximate surface area is 201 Å². The second-order valence-electron chi connectivity index (χ2n) is 7.04. The Kier molecular flexibility index (Phi) is 6.48. The van der Waals surface area contributed by atoms with E-state index in [9.17, 15) is 19.7 Å². The highest BCUT2D eigenvalue weighted by Crippen LogP contribution is 2.33. The van der Waals surface area contributed by atoms with Gasteiger partial charge in [0.25, 0.3) is 11.6 Å². The number of amides is 1. The van der Waals surface area contributed by atoms with Crippen LogP contribution in [0.4, 0.5) is 11.4 Å². The van der Waals surface area contributed by atoms with E-state index < -0.39 is 23.4 Å². The molecule has 0 bridgehead atoms. The normalized spacial score (nSPS) is 10.8. The Balaban J connectivity index is 1.47. The number of carbonyl (C=O) groups is 2. The lowest BCUT2D eigenvalue weighted by molar-refractivity contribution is -0.384. The van der Waals surface area contributed by atoms with E-state index in [1.54, 1.807) is 16.8 Å². The molecule has 4 rings (SSSR count). The molecule has 2 aromatic carbocycles. The van der Waals surface area contributed by atoms with E-state index in [1.165, 1.54) is 36.6 Å². The van der Waals surface area contributed by atoms with Crippen LogP contribution in [0.5, 0.6) is 5.75 Å². The SMILES string of the molecule is COc1cc([N+](=O)[O-])ccc1NC(=O)COC(=O)c1cc2c(C)nn(-c3ccccc3Cl)c2s1. The maximum atomic E-state index is 12.6. The molecule has 0 atom stereocenters. The fraction of sp³-hybridized carbons (Fsp3) is 0.136. The minimum atomic E-state index is -0.669. The molecule has 174 valence electrons. The number of carbonyl (C=O) groups excluding carboxylic acids is 2. The summed E-state index contributed by atoms with van der Waals surface area (Å²) >= 11 is 7.47. The maximum absolute atomic E-state index is 12.6. The number of fused-ring (bicyclic) bond motifs is 1. The van der Waals surface area contributed by atoms with Crippen LogP contribution in [-0.2, 0) is 9.53 Å². The smallest absolute Gasteiger partial charge is 0.348 e. The topological polar surface area (TPSA) is 126 Å². The summed E-state index contributed by atoms with van der Waals surface area (Å²) in [5, 5.41) is 19.2. The number of nitrogens with one attached hydrogen (secondary N) is 1. The zero-order chi connectivity index (χ0) is 24.4. The van der Waals surface area contributed by atoms with Gasteiger partial charge in [-0.3, -0.25) is 14.9 Å². The van der Waals surface area contributed by atoms with E-state index in [-0.39, 0.29) is 17.1 Å². The van der Waals surface area contributed by atoms with E-state index in [2.05, 4.69) is 10.4 Å². The van der Waals surface area contributed by atoms with Gasteiger partial charge < -0.3 is 14.8 Å². The minimum Gasteiger partial charge on any atom is -0.494 e. The number of esters is 1. The number of halogens is 1. The Hall–Kier alpha value is -3.96. The number of para-hydroxylation sites is 1. The van der Waals surface area contributed by atoms with Gasteiger partial charge in [0.15, 0.2) is 6.61 Å². The maximum Gasteiger partial charge on any atom is 0.348 e. The highest BCUT2D eigenvalue weighted by molar-refractivity contribution is 7.20. The van der Waals surface area contributed by atoms with Gasteiger partial charge in [-0.25, -0.2) is 9.48 Å². The van der Waals surface area contributed by atoms with Gasteiger partial charge in [-0.1, -0.05) is 23.7 Å². The summed E-state index contributed by atoms with van der Waals surface area (Å²) in [7, 11) is 1.32. The predicted octanol–water partition coefficient (Wildman–Crippen LogP) is 4.76. The number of nitro benzene ring substituents is 1. The zero-order valence-electron chi connectivity index (χ0n) is 17.9. The molecule has 2 heterocycles. The molecule has 0 radical (unpaired) electrons. The summed E-state index contributed by atoms with van der Waals surface area (Å²) < 4.78 is 11.9. The van der Waals surface area contributed by atoms with Crippen molar-refractivity contribution in [3.63, 3.8) is 0 Å². The Morgan fingerprint density at radius 2 is 2.00 bits per heavy atom. The second-order valence-corrected chi connectivity index (χ2v) is 8.48. The molecular formula is C22H17ClN4O6S. The number of benzene rings is 2. The van der Waals surface area contributed by atoms with Crippen LogP contribution in [-0.4, -0.2) is 40.3 Å². The first-order chi connectivity index (χ1) is 16.3. The molecule has 0 fully saturated rings. The molecule has 1 N–H and O–H groups in total. The van der Waals surface area contributed by atoms with E-state index in [4.69, 9.17) is 21.1 Å². The van der Waals surface area contributed by atoms with Crippen molar-refractivity contribution in [2.75, 3.05) is 19.0 Å². The van der Waals surface area contributed by atoms with Crippen molar-refractivity contribution in [3.05, 3.63) is 74.2 Å². The molecule has 0 aliphatic carbocycles. The number of anilines is 1. The summed E-state index contributed by atoms with van der Waals surface area (Å²) in [6.07, 6.45) is 0. The largest absolute Gasteiger partial charge is 0.494 e. The molecule has 0 saturated carbocycles. The lowest BCUT2D eigenvalue weighted by atomic mass is 10.2. The van der Waals surface area contributed by atoms with Crippen molar-refractivity contribution in [2.45, 2.75) is 6.92 Å². The van der Waals surface area contributed by atoms with Gasteiger partial charge in [0.05, 0.1) is 40.2 Å². The molecular weight excluding hydrogens is 484 g/mol. The number of nitrogens with zero attached hydrogens (tertiary/aromatic N) is 3. The Morgan fingerprint density at radius 3 is 2.71 bits per heavy atom. The quantitative estimate of drug-likeness (QED) is 0.220. The van der Waals surface area contributed by atoms with Crippen LogP contribution in [0.1, 0.15) is 15.4 Å². The number of hydrogen-bond acceptors (Lipinski definition) is 8. The summed E-state index contributed by atoms with van der Waals surface area (Å²) in [5.74, 6) is -1.19. The van der Waals surface area contributed by atoms with Crippen molar-refractivity contribution in [1.29, 1.82) is 0 Å². The van der Waals surface area contributed by atoms with Crippen molar-refractivity contribution in [3.8, 4) is 11.4 Å². The molecule has 0 spiro atoms. The van der Waals surface area contributed by atoms with Gasteiger partial charge in [0.2, 0.25) is 0 Å². The van der Waals surface area contributed by atoms with Gasteiger partial charge in [-0.2, -0.15) is 5.10 Å². The first kappa shape index (κ1) is 23.2. The fourth-order valence-corrected chi connectivity index (χ4v) is 4.51.